The van der Waals surface area contributed by atoms with Crippen LogP contribution in [0.15, 0.2) is 117 Å². The molecule has 326 valence electrons. The molecule has 2 aliphatic rings. The van der Waals surface area contributed by atoms with Crippen molar-refractivity contribution in [1.82, 2.24) is 8.97 Å². The summed E-state index contributed by atoms with van der Waals surface area (Å²) in [6, 6.07) is 27.7. The molecular weight excluding hydrogens is 825 g/mol. The average Bonchev–Trinajstić information content (AvgIpc) is 4.13. The predicted molar refractivity (Wildman–Crippen MR) is 242 cm³/mol. The number of amides is 2. The number of carbonyl (C=O) groups is 4. The lowest BCUT2D eigenvalue weighted by Crippen LogP contribution is -2.54. The van der Waals surface area contributed by atoms with Gasteiger partial charge in [0.05, 0.1) is 62.3 Å². The van der Waals surface area contributed by atoms with Crippen LogP contribution in [0, 0.1) is 13.8 Å². The van der Waals surface area contributed by atoms with E-state index in [9.17, 15) is 9.59 Å². The van der Waals surface area contributed by atoms with E-state index in [-0.39, 0.29) is 11.8 Å². The Labute approximate surface area is 370 Å². The second-order valence-electron chi connectivity index (χ2n) is 15.8. The summed E-state index contributed by atoms with van der Waals surface area (Å²) >= 11 is 3.65. The van der Waals surface area contributed by atoms with E-state index in [1.807, 2.05) is 110 Å². The fourth-order valence-corrected chi connectivity index (χ4v) is 9.98. The van der Waals surface area contributed by atoms with Crippen molar-refractivity contribution in [3.05, 3.63) is 141 Å². The largest absolute Gasteiger partial charge is 0.543 e. The summed E-state index contributed by atoms with van der Waals surface area (Å²) in [6.07, 6.45) is 13.3. The molecule has 0 unspecified atom stereocenters. The van der Waals surface area contributed by atoms with Crippen LogP contribution in [0.1, 0.15) is 80.5 Å². The predicted octanol–water partition coefficient (Wildman–Crippen LogP) is 7.76. The van der Waals surface area contributed by atoms with E-state index < -0.39 is 11.9 Å². The van der Waals surface area contributed by atoms with E-state index in [1.165, 1.54) is 59.7 Å². The minimum atomic E-state index is -2.19. The molecule has 0 bridgehead atoms. The van der Waals surface area contributed by atoms with Gasteiger partial charge in [-0.05, 0) is 99.5 Å². The molecule has 2 aromatic carbocycles. The Kier molecular flexibility index (Phi) is 16.1. The molecule has 6 heterocycles. The first kappa shape index (κ1) is 45.7. The van der Waals surface area contributed by atoms with Gasteiger partial charge in [-0.25, -0.2) is 0 Å². The summed E-state index contributed by atoms with van der Waals surface area (Å²) in [7, 11) is 0. The minimum absolute atomic E-state index is 0.177. The summed E-state index contributed by atoms with van der Waals surface area (Å²) in [6.45, 7) is 10.6. The van der Waals surface area contributed by atoms with Crippen LogP contribution < -0.4 is 29.8 Å². The van der Waals surface area contributed by atoms with Gasteiger partial charge in [0.15, 0.2) is 23.9 Å². The third-order valence-corrected chi connectivity index (χ3v) is 13.6. The van der Waals surface area contributed by atoms with Crippen LogP contribution in [0.25, 0.3) is 0 Å². The van der Waals surface area contributed by atoms with Crippen molar-refractivity contribution in [2.45, 2.75) is 65.2 Å². The van der Waals surface area contributed by atoms with Gasteiger partial charge in [-0.3, -0.25) is 18.6 Å². The second-order valence-corrected chi connectivity index (χ2v) is 17.8. The van der Waals surface area contributed by atoms with Gasteiger partial charge in [-0.15, -0.1) is 22.7 Å². The summed E-state index contributed by atoms with van der Waals surface area (Å²) < 4.78 is 13.5. The number of anilines is 2. The van der Waals surface area contributed by atoms with E-state index in [0.29, 0.717) is 11.5 Å². The Balaban J connectivity index is 0.000000183. The van der Waals surface area contributed by atoms with Crippen molar-refractivity contribution in [1.29, 1.82) is 0 Å². The first-order chi connectivity index (χ1) is 30.0. The summed E-state index contributed by atoms with van der Waals surface area (Å²) in [5, 5.41) is 28.0. The third-order valence-electron chi connectivity index (χ3n) is 11.8. The van der Waals surface area contributed by atoms with Crippen molar-refractivity contribution in [3.63, 3.8) is 0 Å². The topological polar surface area (TPSA) is 165 Å². The highest BCUT2D eigenvalue weighted by Crippen LogP contribution is 2.37. The molecule has 8 rings (SSSR count). The van der Waals surface area contributed by atoms with Crippen LogP contribution in [-0.4, -0.2) is 63.0 Å². The van der Waals surface area contributed by atoms with E-state index in [1.54, 1.807) is 0 Å². The van der Waals surface area contributed by atoms with Gasteiger partial charge >= 0.3 is 0 Å². The number of para-hydroxylation sites is 2. The molecule has 0 radical (unpaired) electrons. The number of aliphatic carboxylic acids is 2. The van der Waals surface area contributed by atoms with Gasteiger partial charge in [0.25, 0.3) is 11.8 Å². The number of carbonyl (C=O) groups excluding carboxylic acids is 4. The fraction of sp³-hybridized carbons (Fsp3) is 0.333. The molecule has 12 nitrogen and oxygen atoms in total. The van der Waals surface area contributed by atoms with Crippen molar-refractivity contribution in [3.8, 4) is 0 Å². The summed E-state index contributed by atoms with van der Waals surface area (Å²) in [5.74, 6) is -3.87. The molecule has 0 saturated carbocycles. The molecule has 2 fully saturated rings. The number of nitrogens with zero attached hydrogens (tertiary/aromatic N) is 2. The number of likely N-dealkylation sites (tertiary alicyclic amines) is 2. The maximum Gasteiger partial charge on any atom is 0.291 e. The average molecular weight is 879 g/mol. The molecule has 62 heavy (non-hydrogen) atoms. The lowest BCUT2D eigenvalue weighted by Gasteiger charge is -2.40. The molecule has 4 aromatic heterocycles. The molecule has 0 aliphatic carbocycles. The van der Waals surface area contributed by atoms with Gasteiger partial charge in [0.2, 0.25) is 11.5 Å². The normalized spacial score (nSPS) is 15.2. The number of thiophene rings is 2. The van der Waals surface area contributed by atoms with Gasteiger partial charge in [-0.2, -0.15) is 0 Å². The zero-order chi connectivity index (χ0) is 44.0. The number of quaternary nitrogens is 2. The van der Waals surface area contributed by atoms with Crippen LogP contribution >= 0.6 is 22.7 Å². The third kappa shape index (κ3) is 11.8. The SMILES string of the molecule is Cc1c([N+]2(CCc3cccs3)CCCCC2)coc1C(=O)Nc1ccccc1.Cc1c([N+]2(CCc3cccs3)CCCCC2)coc1C(=O)Nc1ccccc1.O=C([O-])C(=O)[O-]. The number of hydrogen-bond acceptors (Lipinski definition) is 10. The van der Waals surface area contributed by atoms with E-state index in [0.717, 1.165) is 83.6 Å². The number of carboxylic acids is 2. The fourth-order valence-electron chi connectivity index (χ4n) is 8.58. The summed E-state index contributed by atoms with van der Waals surface area (Å²) in [5.41, 5.74) is 5.86. The number of piperidine rings is 2. The Morgan fingerprint density at radius 2 is 0.919 bits per heavy atom. The number of furan rings is 2. The van der Waals surface area contributed by atoms with Crippen molar-refractivity contribution < 1.29 is 38.2 Å². The molecule has 2 amide bonds. The van der Waals surface area contributed by atoms with Gasteiger partial charge in [-0.1, -0.05) is 48.5 Å². The molecule has 14 heteroatoms. The highest BCUT2D eigenvalue weighted by atomic mass is 32.1. The summed E-state index contributed by atoms with van der Waals surface area (Å²) in [4.78, 5) is 46.2. The van der Waals surface area contributed by atoms with Gasteiger partial charge < -0.3 is 39.3 Å². The number of carboxylic acid groups (broad SMARTS) is 2. The van der Waals surface area contributed by atoms with Crippen molar-refractivity contribution in [2.75, 3.05) is 49.9 Å². The number of nitrogens with one attached hydrogen (secondary N) is 2. The number of hydrogen-bond donors (Lipinski definition) is 2. The maximum absolute atomic E-state index is 12.8. The zero-order valence-electron chi connectivity index (χ0n) is 35.3. The Bertz CT molecular complexity index is 2180. The molecule has 2 N–H and O–H groups in total. The molecular formula is C48H54N4O8S2. The molecule has 6 aromatic rings. The van der Waals surface area contributed by atoms with Crippen LogP contribution in [0.5, 0.6) is 0 Å². The van der Waals surface area contributed by atoms with Crippen molar-refractivity contribution in [2.24, 2.45) is 0 Å². The van der Waals surface area contributed by atoms with E-state index in [2.05, 4.69) is 45.7 Å². The van der Waals surface area contributed by atoms with E-state index >= 15 is 0 Å². The smallest absolute Gasteiger partial charge is 0.291 e. The molecule has 2 saturated heterocycles. The van der Waals surface area contributed by atoms with Crippen LogP contribution in [0.3, 0.4) is 0 Å². The van der Waals surface area contributed by atoms with Gasteiger partial charge in [0.1, 0.15) is 0 Å². The van der Waals surface area contributed by atoms with E-state index in [4.69, 9.17) is 28.6 Å². The van der Waals surface area contributed by atoms with Gasteiger partial charge in [0, 0.05) is 34.0 Å². The first-order valence-electron chi connectivity index (χ1n) is 21.1. The Morgan fingerprint density at radius 3 is 1.24 bits per heavy atom. The quantitative estimate of drug-likeness (QED) is 0.0931. The Hall–Kier alpha value is -5.80. The van der Waals surface area contributed by atoms with Crippen LogP contribution in [0.2, 0.25) is 0 Å². The maximum atomic E-state index is 12.8. The number of benzene rings is 2. The van der Waals surface area contributed by atoms with Crippen LogP contribution in [-0.2, 0) is 22.4 Å². The highest BCUT2D eigenvalue weighted by molar-refractivity contribution is 7.10. The molecule has 0 spiro atoms. The zero-order valence-corrected chi connectivity index (χ0v) is 36.9. The van der Waals surface area contributed by atoms with Crippen LogP contribution in [0.4, 0.5) is 22.7 Å². The molecule has 2 aliphatic heterocycles. The number of rotatable bonds is 12. The first-order valence-corrected chi connectivity index (χ1v) is 22.9. The lowest BCUT2D eigenvalue weighted by molar-refractivity contribution is -0.345. The monoisotopic (exact) mass is 878 g/mol. The standard InChI is InChI=1S/2C23H26N2O2S.C2H2O4/c2*1-18-21(17-27-22(18)23(26)24-19-9-4-2-5-10-19)25(13-6-3-7-14-25)15-12-20-11-8-16-28-20;3-1(4)2(5)6/h2*2,4-5,8-11,16-17H,3,6-7,12-15H2,1H3;(H,3,4)(H,5,6). The minimum Gasteiger partial charge on any atom is -0.543 e. The highest BCUT2D eigenvalue weighted by Gasteiger charge is 2.38. The second kappa shape index (κ2) is 21.8. The Morgan fingerprint density at radius 1 is 0.548 bits per heavy atom. The van der Waals surface area contributed by atoms with Crippen molar-refractivity contribution >= 4 is 69.2 Å². The lowest BCUT2D eigenvalue weighted by atomic mass is 10.0. The molecule has 0 atom stereocenters.